The number of rotatable bonds is 3. The van der Waals surface area contributed by atoms with Crippen LogP contribution in [0.4, 0.5) is 5.69 Å². The lowest BCUT2D eigenvalue weighted by atomic mass is 10.3. The summed E-state index contributed by atoms with van der Waals surface area (Å²) in [6.45, 7) is 3.99. The van der Waals surface area contributed by atoms with Gasteiger partial charge in [0, 0.05) is 10.1 Å². The van der Waals surface area contributed by atoms with E-state index in [0.717, 1.165) is 0 Å². The van der Waals surface area contributed by atoms with E-state index in [9.17, 15) is 8.42 Å². The Morgan fingerprint density at radius 3 is 2.50 bits per heavy atom. The predicted octanol–water partition coefficient (Wildman–Crippen LogP) is 3.97. The number of fused-ring (bicyclic) bond motifs is 1. The van der Waals surface area contributed by atoms with Crippen molar-refractivity contribution in [3.8, 4) is 0 Å². The standard InChI is InChI=1S/C11H11Cl3N2O2S2/c1-5(2)19-8-4-9-7(3-6(8)12)15-11(10(13)14)16-20(9,17)18/h3-5,10H,1-2H3,(H,15,16). The van der Waals surface area contributed by atoms with Gasteiger partial charge in [-0.3, -0.25) is 4.72 Å². The highest BCUT2D eigenvalue weighted by Gasteiger charge is 2.29. The van der Waals surface area contributed by atoms with Crippen LogP contribution < -0.4 is 4.72 Å². The van der Waals surface area contributed by atoms with Gasteiger partial charge in [-0.1, -0.05) is 48.7 Å². The van der Waals surface area contributed by atoms with E-state index in [1.54, 1.807) is 0 Å². The summed E-state index contributed by atoms with van der Waals surface area (Å²) in [7, 11) is -3.73. The van der Waals surface area contributed by atoms with Gasteiger partial charge in [-0.2, -0.15) is 0 Å². The van der Waals surface area contributed by atoms with Crippen LogP contribution in [0.5, 0.6) is 0 Å². The lowest BCUT2D eigenvalue weighted by Gasteiger charge is -2.20. The maximum atomic E-state index is 12.2. The zero-order valence-electron chi connectivity index (χ0n) is 10.5. The van der Waals surface area contributed by atoms with Crippen LogP contribution in [-0.4, -0.2) is 24.3 Å². The molecule has 1 N–H and O–H groups in total. The van der Waals surface area contributed by atoms with Gasteiger partial charge in [0.05, 0.1) is 10.7 Å². The first-order chi connectivity index (χ1) is 9.20. The minimum absolute atomic E-state index is 0.0267. The molecule has 0 unspecified atom stereocenters. The number of nitrogens with zero attached hydrogens (tertiary/aromatic N) is 1. The zero-order valence-corrected chi connectivity index (χ0v) is 14.4. The molecule has 1 aliphatic heterocycles. The second kappa shape index (κ2) is 5.93. The summed E-state index contributed by atoms with van der Waals surface area (Å²) in [6.07, 6.45) is 0. The van der Waals surface area contributed by atoms with Crippen molar-refractivity contribution in [2.24, 2.45) is 4.99 Å². The molecule has 2 rings (SSSR count). The molecule has 0 fully saturated rings. The number of halogens is 3. The topological polar surface area (TPSA) is 58.5 Å². The highest BCUT2D eigenvalue weighted by Crippen LogP contribution is 2.39. The Kier molecular flexibility index (Phi) is 4.81. The number of benzene rings is 1. The van der Waals surface area contributed by atoms with E-state index in [1.165, 1.54) is 23.9 Å². The molecule has 20 heavy (non-hydrogen) atoms. The lowest BCUT2D eigenvalue weighted by molar-refractivity contribution is 0.591. The summed E-state index contributed by atoms with van der Waals surface area (Å²) in [4.78, 5) is 3.80. The number of alkyl halides is 2. The van der Waals surface area contributed by atoms with Crippen molar-refractivity contribution in [1.82, 2.24) is 4.72 Å². The van der Waals surface area contributed by atoms with E-state index in [0.29, 0.717) is 9.92 Å². The second-order valence-electron chi connectivity index (χ2n) is 4.32. The molecule has 0 radical (unpaired) electrons. The first-order valence-electron chi connectivity index (χ1n) is 5.60. The Hall–Kier alpha value is -0.140. The van der Waals surface area contributed by atoms with Crippen molar-refractivity contribution in [3.05, 3.63) is 17.2 Å². The van der Waals surface area contributed by atoms with Crippen molar-refractivity contribution in [1.29, 1.82) is 0 Å². The van der Waals surface area contributed by atoms with Gasteiger partial charge < -0.3 is 0 Å². The van der Waals surface area contributed by atoms with Crippen LogP contribution in [0.15, 0.2) is 26.9 Å². The van der Waals surface area contributed by atoms with E-state index in [2.05, 4.69) is 9.71 Å². The third-order valence-corrected chi connectivity index (χ3v) is 5.64. The molecule has 110 valence electrons. The Bertz CT molecular complexity index is 672. The normalized spacial score (nSPS) is 16.9. The maximum absolute atomic E-state index is 12.2. The predicted molar refractivity (Wildman–Crippen MR) is 85.4 cm³/mol. The lowest BCUT2D eigenvalue weighted by Crippen LogP contribution is -2.37. The first-order valence-corrected chi connectivity index (χ1v) is 9.22. The molecule has 9 heteroatoms. The van der Waals surface area contributed by atoms with Gasteiger partial charge in [-0.15, -0.1) is 11.8 Å². The van der Waals surface area contributed by atoms with Crippen LogP contribution >= 0.6 is 46.6 Å². The Balaban J connectivity index is 2.60. The van der Waals surface area contributed by atoms with Gasteiger partial charge in [-0.25, -0.2) is 13.4 Å². The van der Waals surface area contributed by atoms with E-state index >= 15 is 0 Å². The largest absolute Gasteiger partial charge is 0.265 e. The van der Waals surface area contributed by atoms with E-state index < -0.39 is 14.9 Å². The quantitative estimate of drug-likeness (QED) is 0.644. The van der Waals surface area contributed by atoms with Crippen LogP contribution in [-0.2, 0) is 10.0 Å². The van der Waals surface area contributed by atoms with Crippen molar-refractivity contribution >= 4 is 68.1 Å². The Morgan fingerprint density at radius 1 is 1.30 bits per heavy atom. The van der Waals surface area contributed by atoms with Gasteiger partial charge in [0.1, 0.15) is 10.7 Å². The maximum Gasteiger partial charge on any atom is 0.265 e. The molecule has 4 nitrogen and oxygen atoms in total. The average Bonchev–Trinajstić information content (AvgIpc) is 2.29. The van der Waals surface area contributed by atoms with Crippen LogP contribution in [0.2, 0.25) is 5.02 Å². The number of hydrogen-bond acceptors (Lipinski definition) is 4. The molecule has 0 aromatic heterocycles. The fraction of sp³-hybridized carbons (Fsp3) is 0.364. The van der Waals surface area contributed by atoms with Crippen LogP contribution in [0.3, 0.4) is 0 Å². The van der Waals surface area contributed by atoms with Crippen LogP contribution in [0.1, 0.15) is 13.8 Å². The number of sulfonamides is 1. The van der Waals surface area contributed by atoms with Gasteiger partial charge in [-0.05, 0) is 12.1 Å². The van der Waals surface area contributed by atoms with E-state index in [4.69, 9.17) is 34.8 Å². The molecule has 1 aliphatic rings. The summed E-state index contributed by atoms with van der Waals surface area (Å²) >= 11 is 19.0. The average molecular weight is 374 g/mol. The van der Waals surface area contributed by atoms with Crippen molar-refractivity contribution in [2.45, 2.75) is 33.7 Å². The minimum atomic E-state index is -3.73. The van der Waals surface area contributed by atoms with Gasteiger partial charge in [0.25, 0.3) is 10.0 Å². The van der Waals surface area contributed by atoms with Gasteiger partial charge in [0.2, 0.25) is 0 Å². The zero-order chi connectivity index (χ0) is 15.1. The van der Waals surface area contributed by atoms with Crippen LogP contribution in [0.25, 0.3) is 0 Å². The molecule has 0 saturated carbocycles. The van der Waals surface area contributed by atoms with Crippen LogP contribution in [0, 0.1) is 0 Å². The van der Waals surface area contributed by atoms with E-state index in [-0.39, 0.29) is 21.7 Å². The molecular weight excluding hydrogens is 363 g/mol. The number of nitrogens with one attached hydrogen (secondary N) is 1. The summed E-state index contributed by atoms with van der Waals surface area (Å²) in [5.74, 6) is -0.0267. The third kappa shape index (κ3) is 3.36. The molecule has 0 spiro atoms. The molecule has 1 heterocycles. The van der Waals surface area contributed by atoms with E-state index in [1.807, 2.05) is 13.8 Å². The SMILES string of the molecule is CC(C)Sc1cc2c(cc1Cl)N=C(C(Cl)Cl)NS2(=O)=O. The number of thioether (sulfide) groups is 1. The minimum Gasteiger partial charge on any atom is -0.264 e. The highest BCUT2D eigenvalue weighted by molar-refractivity contribution is 8.00. The molecule has 0 amide bonds. The Labute approximate surface area is 136 Å². The fourth-order valence-electron chi connectivity index (χ4n) is 1.61. The molecule has 0 saturated heterocycles. The number of amidine groups is 1. The Morgan fingerprint density at radius 2 is 1.95 bits per heavy atom. The fourth-order valence-corrected chi connectivity index (χ4v) is 4.38. The van der Waals surface area contributed by atoms with Crippen molar-refractivity contribution in [3.63, 3.8) is 0 Å². The molecular formula is C11H11Cl3N2O2S2. The molecule has 0 bridgehead atoms. The summed E-state index contributed by atoms with van der Waals surface area (Å²) in [5, 5.41) is 0.724. The third-order valence-electron chi connectivity index (χ3n) is 2.35. The second-order valence-corrected chi connectivity index (χ2v) is 9.09. The summed E-state index contributed by atoms with van der Waals surface area (Å²) in [5.41, 5.74) is 0.239. The summed E-state index contributed by atoms with van der Waals surface area (Å²) < 4.78 is 26.6. The first kappa shape index (κ1) is 16.2. The monoisotopic (exact) mass is 372 g/mol. The molecule has 0 atom stereocenters. The molecule has 1 aromatic rings. The molecule has 0 aliphatic carbocycles. The van der Waals surface area contributed by atoms with Crippen molar-refractivity contribution in [2.75, 3.05) is 0 Å². The smallest absolute Gasteiger partial charge is 0.264 e. The number of hydrogen-bond donors (Lipinski definition) is 1. The molecule has 1 aromatic carbocycles. The summed E-state index contributed by atoms with van der Waals surface area (Å²) in [6, 6.07) is 3.03. The number of aliphatic imine (C=N–C) groups is 1. The van der Waals surface area contributed by atoms with Gasteiger partial charge >= 0.3 is 0 Å². The van der Waals surface area contributed by atoms with Gasteiger partial charge in [0.15, 0.2) is 4.84 Å². The highest BCUT2D eigenvalue weighted by atomic mass is 35.5. The van der Waals surface area contributed by atoms with Crippen molar-refractivity contribution < 1.29 is 8.42 Å².